The Morgan fingerprint density at radius 3 is 0.949 bits per heavy atom. The predicted octanol–water partition coefficient (Wildman–Crippen LogP) is 15.9. The maximum Gasteiger partial charge on any atom is 0.312 e. The van der Waals surface area contributed by atoms with Crippen LogP contribution in [0.2, 0.25) is 0 Å². The van der Waals surface area contributed by atoms with Gasteiger partial charge in [0, 0.05) is 105 Å². The molecule has 31 nitrogen and oxygen atoms in total. The standard InChI is InChI=1S/C40H49N5O4.C34H43N5O6.C33H41N5O6/c1-6-8-20-43(21-9-7-2)40(49)36-22-28(5)45(42-36)37-19-18-33(41-38(47)30-16-14-29(15-17-30)27(3)4)24-35(37)39(48)44-25-32-13-11-10-12-31(32)23-34(44)26-46;1-4-6-16-37(17-7-5-2)34(45)29-18-23(3)39(36-29)30-13-12-26(35-31(41)14-15-32(42)43)20-28(30)33(44)38-21-25-11-9-8-10-24(25)19-27(38)22-40;1-4-6-14-36(15-7-5-2)33(44)28-16-22(3)38(35-28)29-13-12-25(34-30(40)19-31(41)42)18-27(29)32(43)37-20-24-11-9-8-10-23(24)17-26(37)21-39/h10-19,22,24,27,34,46H,6-9,20-21,23,25-26H2,1-5H3,(H,41,47);8-13,18,20,27,40H,4-7,14-17,19,21-22H2,1-3H3,(H,35,41)(H,42,43);8-13,16,18,26,39H,4-7,14-15,17,19-21H2,1-3H3,(H,34,40)(H,41,42)/t34-;27-;26-/m000/s1. The quantitative estimate of drug-likeness (QED) is 0.0165. The number of aliphatic hydroxyl groups is 3. The Hall–Kier alpha value is -13.8. The van der Waals surface area contributed by atoms with E-state index in [1.807, 2.05) is 113 Å². The van der Waals surface area contributed by atoms with E-state index in [1.165, 1.54) is 6.07 Å². The summed E-state index contributed by atoms with van der Waals surface area (Å²) in [6.45, 7) is 26.4. The van der Waals surface area contributed by atoms with Crippen LogP contribution in [0.25, 0.3) is 17.1 Å². The molecular formula is C107H133N15O16. The van der Waals surface area contributed by atoms with E-state index in [0.717, 1.165) is 116 Å². The third-order valence-electron chi connectivity index (χ3n) is 25.3. The average molecular weight is 1890 g/mol. The molecule has 0 bridgehead atoms. The van der Waals surface area contributed by atoms with E-state index in [-0.39, 0.29) is 103 Å². The van der Waals surface area contributed by atoms with E-state index in [0.29, 0.717) is 140 Å². The zero-order chi connectivity index (χ0) is 99.4. The highest BCUT2D eigenvalue weighted by atomic mass is 16.4. The molecule has 31 heteroatoms. The Morgan fingerprint density at radius 2 is 0.667 bits per heavy atom. The summed E-state index contributed by atoms with van der Waals surface area (Å²) in [4.78, 5) is 154. The van der Waals surface area contributed by atoms with Gasteiger partial charge in [0.15, 0.2) is 17.1 Å². The molecule has 3 aliphatic rings. The number of unbranched alkanes of at least 4 members (excludes halogenated alkanes) is 6. The number of nitrogens with one attached hydrogen (secondary N) is 3. The number of rotatable bonds is 40. The lowest BCUT2D eigenvalue weighted by atomic mass is 9.93. The van der Waals surface area contributed by atoms with Gasteiger partial charge in [-0.3, -0.25) is 52.7 Å². The van der Waals surface area contributed by atoms with E-state index in [2.05, 4.69) is 81.5 Å². The van der Waals surface area contributed by atoms with Crippen LogP contribution in [0.3, 0.4) is 0 Å². The smallest absolute Gasteiger partial charge is 0.312 e. The van der Waals surface area contributed by atoms with Crippen molar-refractivity contribution >= 4 is 82.2 Å². The summed E-state index contributed by atoms with van der Waals surface area (Å²) >= 11 is 0. The number of aryl methyl sites for hydroxylation is 3. The lowest BCUT2D eigenvalue weighted by Gasteiger charge is -2.36. The molecule has 3 aliphatic heterocycles. The van der Waals surface area contributed by atoms with Crippen molar-refractivity contribution in [2.45, 2.75) is 235 Å². The number of carboxylic acid groups (broad SMARTS) is 2. The Labute approximate surface area is 807 Å². The summed E-state index contributed by atoms with van der Waals surface area (Å²) in [6, 6.07) is 49.6. The Kier molecular flexibility index (Phi) is 38.2. The van der Waals surface area contributed by atoms with Gasteiger partial charge in [0.1, 0.15) is 6.42 Å². The summed E-state index contributed by atoms with van der Waals surface area (Å²) in [6.07, 6.45) is 11.4. The zero-order valence-electron chi connectivity index (χ0n) is 81.3. The summed E-state index contributed by atoms with van der Waals surface area (Å²) in [7, 11) is 0. The fourth-order valence-electron chi connectivity index (χ4n) is 17.3. The number of hydrogen-bond acceptors (Lipinski definition) is 17. The highest BCUT2D eigenvalue weighted by molar-refractivity contribution is 6.07. The zero-order valence-corrected chi connectivity index (χ0v) is 81.3. The van der Waals surface area contributed by atoms with Crippen molar-refractivity contribution in [3.05, 3.63) is 265 Å². The van der Waals surface area contributed by atoms with Gasteiger partial charge in [-0.1, -0.05) is 179 Å². The van der Waals surface area contributed by atoms with Crippen LogP contribution in [0.15, 0.2) is 170 Å². The minimum absolute atomic E-state index is 0.128. The molecule has 3 aromatic heterocycles. The maximum absolute atomic E-state index is 14.6. The van der Waals surface area contributed by atoms with Gasteiger partial charge in [0.25, 0.3) is 41.4 Å². The number of anilines is 3. The van der Waals surface area contributed by atoms with Gasteiger partial charge in [0.05, 0.1) is 78.1 Å². The van der Waals surface area contributed by atoms with E-state index < -0.39 is 54.2 Å². The number of aliphatic carboxylic acids is 2. The van der Waals surface area contributed by atoms with Crippen LogP contribution in [0.5, 0.6) is 0 Å². The van der Waals surface area contributed by atoms with Crippen molar-refractivity contribution in [1.29, 1.82) is 0 Å². The average Bonchev–Trinajstić information content (AvgIpc) is 1.11. The van der Waals surface area contributed by atoms with Gasteiger partial charge in [-0.2, -0.15) is 15.3 Å². The summed E-state index contributed by atoms with van der Waals surface area (Å²) in [5.74, 6) is -5.04. The number of hydrogen-bond donors (Lipinski definition) is 8. The van der Waals surface area contributed by atoms with E-state index in [9.17, 15) is 68.1 Å². The topological polar surface area (TPSA) is 398 Å². The van der Waals surface area contributed by atoms with Gasteiger partial charge < -0.3 is 70.9 Å². The molecule has 9 amide bonds. The van der Waals surface area contributed by atoms with Gasteiger partial charge in [-0.15, -0.1) is 0 Å². The molecular weight excluding hydrogens is 1750 g/mol. The minimum atomic E-state index is -1.27. The van der Waals surface area contributed by atoms with Crippen molar-refractivity contribution in [3.8, 4) is 17.1 Å². The highest BCUT2D eigenvalue weighted by Gasteiger charge is 2.38. The predicted molar refractivity (Wildman–Crippen MR) is 530 cm³/mol. The largest absolute Gasteiger partial charge is 0.481 e. The van der Waals surface area contributed by atoms with Crippen LogP contribution in [-0.2, 0) is 58.1 Å². The van der Waals surface area contributed by atoms with Crippen molar-refractivity contribution in [2.75, 3.05) is 75.0 Å². The third kappa shape index (κ3) is 26.7. The minimum Gasteiger partial charge on any atom is -0.481 e. The lowest BCUT2D eigenvalue weighted by Crippen LogP contribution is -2.46. The highest BCUT2D eigenvalue weighted by Crippen LogP contribution is 2.35. The number of carbonyl (C=O) groups excluding carboxylic acids is 9. The Balaban J connectivity index is 0.000000199. The van der Waals surface area contributed by atoms with Gasteiger partial charge in [-0.05, 0) is 208 Å². The van der Waals surface area contributed by atoms with Gasteiger partial charge >= 0.3 is 11.9 Å². The van der Waals surface area contributed by atoms with Gasteiger partial charge in [0.2, 0.25) is 11.8 Å². The second kappa shape index (κ2) is 50.3. The van der Waals surface area contributed by atoms with Gasteiger partial charge in [-0.25, -0.2) is 14.0 Å². The number of aliphatic hydroxyl groups excluding tert-OH is 3. The van der Waals surface area contributed by atoms with Crippen LogP contribution in [-0.4, -0.2) is 227 Å². The van der Waals surface area contributed by atoms with Crippen LogP contribution in [0.4, 0.5) is 17.1 Å². The number of carbonyl (C=O) groups is 11. The first-order chi connectivity index (χ1) is 66.5. The summed E-state index contributed by atoms with van der Waals surface area (Å²) in [5.41, 5.74) is 13.8. The summed E-state index contributed by atoms with van der Waals surface area (Å²) in [5, 5.41) is 71.2. The molecule has 0 aliphatic carbocycles. The molecule has 0 spiro atoms. The molecule has 3 atom stereocenters. The molecule has 138 heavy (non-hydrogen) atoms. The molecule has 0 fully saturated rings. The Morgan fingerprint density at radius 1 is 0.370 bits per heavy atom. The fourth-order valence-corrected chi connectivity index (χ4v) is 17.3. The number of amides is 9. The number of fused-ring (bicyclic) bond motifs is 3. The fraction of sp³-hybridized carbons (Fsp3) is 0.421. The normalized spacial score (nSPS) is 14.1. The second-order valence-electron chi connectivity index (χ2n) is 36.0. The van der Waals surface area contributed by atoms with Crippen molar-refractivity contribution < 1.29 is 78.3 Å². The Bertz CT molecular complexity index is 5930. The molecule has 732 valence electrons. The van der Waals surface area contributed by atoms with Crippen molar-refractivity contribution in [3.63, 3.8) is 0 Å². The molecule has 0 saturated carbocycles. The SMILES string of the molecule is CCCCN(CCCC)C(=O)c1cc(C)n(-c2ccc(NC(=O)CC(=O)O)cc2C(=O)N2Cc3ccccc3C[C@H]2CO)n1.CCCCN(CCCC)C(=O)c1cc(C)n(-c2ccc(NC(=O)CCC(=O)O)cc2C(=O)N2Cc3ccccc3C[C@H]2CO)n1.CCCCN(CCCC)C(=O)c1cc(C)n(-c2ccc(NC(=O)c3ccc(C(C)C)cc3)cc2C(=O)N2Cc3ccccc3C[C@H]2CO)n1. The third-order valence-corrected chi connectivity index (χ3v) is 25.3. The van der Waals surface area contributed by atoms with Crippen LogP contribution in [0, 0.1) is 20.8 Å². The first-order valence-electron chi connectivity index (χ1n) is 48.4. The van der Waals surface area contributed by atoms with E-state index in [1.54, 1.807) is 115 Å². The first kappa shape index (κ1) is 105. The first-order valence-corrected chi connectivity index (χ1v) is 48.4. The number of aromatic nitrogens is 6. The molecule has 0 unspecified atom stereocenters. The number of benzene rings is 7. The van der Waals surface area contributed by atoms with Crippen molar-refractivity contribution in [1.82, 2.24) is 58.7 Å². The molecule has 7 aromatic carbocycles. The second-order valence-corrected chi connectivity index (χ2v) is 36.0. The molecule has 6 heterocycles. The molecule has 10 aromatic rings. The van der Waals surface area contributed by atoms with Crippen LogP contribution >= 0.6 is 0 Å². The van der Waals surface area contributed by atoms with E-state index >= 15 is 0 Å². The van der Waals surface area contributed by atoms with E-state index in [4.69, 9.17) is 15.3 Å². The maximum atomic E-state index is 14.6. The molecule has 13 rings (SSSR count). The van der Waals surface area contributed by atoms with Crippen molar-refractivity contribution in [2.24, 2.45) is 0 Å². The molecule has 8 N–H and O–H groups in total. The number of carboxylic acids is 2. The summed E-state index contributed by atoms with van der Waals surface area (Å²) < 4.78 is 4.76. The monoisotopic (exact) mass is 1880 g/mol. The molecule has 0 saturated heterocycles. The number of nitrogens with zero attached hydrogens (tertiary/aromatic N) is 12. The van der Waals surface area contributed by atoms with Crippen LogP contribution < -0.4 is 16.0 Å². The molecule has 0 radical (unpaired) electrons. The van der Waals surface area contributed by atoms with Crippen LogP contribution in [0.1, 0.15) is 287 Å². The lowest BCUT2D eigenvalue weighted by molar-refractivity contribution is -0.140.